The Morgan fingerprint density at radius 3 is 1.13 bits per heavy atom. The second-order valence-electron chi connectivity index (χ2n) is 22.9. The molecule has 1 heterocycles. The van der Waals surface area contributed by atoms with Crippen LogP contribution >= 0.6 is 0 Å². The molecule has 378 valence electrons. The Morgan fingerprint density at radius 2 is 0.794 bits per heavy atom. The minimum Gasteiger partial charge on any atom is -0.507 e. The van der Waals surface area contributed by atoms with Gasteiger partial charge in [0, 0.05) is 29.8 Å². The normalized spacial score (nSPS) is 13.5. The van der Waals surface area contributed by atoms with Crippen molar-refractivity contribution in [3.8, 4) is 62.9 Å². The van der Waals surface area contributed by atoms with E-state index in [1.54, 1.807) is 43.5 Å². The molecule has 0 aliphatic carbocycles. The lowest BCUT2D eigenvalue weighted by Gasteiger charge is -2.43. The van der Waals surface area contributed by atoms with Crippen LogP contribution < -0.4 is 14.2 Å². The van der Waals surface area contributed by atoms with E-state index in [9.17, 15) is 10.2 Å². The van der Waals surface area contributed by atoms with E-state index in [-0.39, 0.29) is 23.1 Å². The first-order valence-electron chi connectivity index (χ1n) is 23.6. The number of hydrogen-bond acceptors (Lipinski definition) is 14. The molecule has 0 saturated heterocycles. The lowest BCUT2D eigenvalue weighted by atomic mass is 10.1. The Kier molecular flexibility index (Phi) is 19.1. The van der Waals surface area contributed by atoms with Gasteiger partial charge in [0.2, 0.25) is 0 Å². The molecule has 0 aliphatic heterocycles. The van der Waals surface area contributed by atoms with Crippen LogP contribution in [-0.2, 0) is 25.0 Å². The van der Waals surface area contributed by atoms with Crippen LogP contribution in [0.2, 0.25) is 110 Å². The third kappa shape index (κ3) is 19.6. The van der Waals surface area contributed by atoms with E-state index in [4.69, 9.17) is 54.2 Å². The Balaban J connectivity index is 1.59. The van der Waals surface area contributed by atoms with Gasteiger partial charge in [-0.2, -0.15) is 0 Å². The smallest absolute Gasteiger partial charge is 0.480 e. The maximum Gasteiger partial charge on any atom is 0.480 e. The van der Waals surface area contributed by atoms with Crippen molar-refractivity contribution in [3.63, 3.8) is 0 Å². The molecule has 1 aromatic heterocycles. The summed E-state index contributed by atoms with van der Waals surface area (Å²) in [7, 11) is -14.7. The first kappa shape index (κ1) is 57.5. The second kappa shape index (κ2) is 22.6. The summed E-state index contributed by atoms with van der Waals surface area (Å²) in [6.45, 7) is 39.4. The number of rotatable bonds is 25. The molecule has 0 unspecified atom stereocenters. The summed E-state index contributed by atoms with van der Waals surface area (Å²) >= 11 is 0. The molecule has 0 spiro atoms. The summed E-state index contributed by atoms with van der Waals surface area (Å²) < 4.78 is 58.6. The minimum atomic E-state index is -3.09. The highest BCUT2D eigenvalue weighted by Crippen LogP contribution is 2.37. The van der Waals surface area contributed by atoms with Gasteiger partial charge in [0.15, 0.2) is 59.1 Å². The second-order valence-corrected chi connectivity index (χ2v) is 52.1. The average molecular weight is 1060 g/mol. The lowest BCUT2D eigenvalue weighted by molar-refractivity contribution is 0.0472. The summed E-state index contributed by atoms with van der Waals surface area (Å²) in [6, 6.07) is 18.7. The molecule has 0 bridgehead atoms. The Morgan fingerprint density at radius 1 is 0.456 bits per heavy atom. The van der Waals surface area contributed by atoms with Crippen LogP contribution in [-0.4, -0.2) is 110 Å². The molecular formula is C47H81N3O11Si7. The van der Waals surface area contributed by atoms with Crippen LogP contribution in [0.3, 0.4) is 0 Å². The summed E-state index contributed by atoms with van der Waals surface area (Å²) in [6.07, 6.45) is 1.28. The van der Waals surface area contributed by atoms with E-state index in [0.717, 1.165) is 0 Å². The van der Waals surface area contributed by atoms with Crippen molar-refractivity contribution in [1.29, 1.82) is 0 Å². The lowest BCUT2D eigenvalue weighted by Crippen LogP contribution is -2.60. The van der Waals surface area contributed by atoms with E-state index >= 15 is 0 Å². The predicted octanol–water partition coefficient (Wildman–Crippen LogP) is 12.8. The van der Waals surface area contributed by atoms with Crippen LogP contribution in [0.25, 0.3) is 34.2 Å². The maximum absolute atomic E-state index is 11.5. The van der Waals surface area contributed by atoms with Gasteiger partial charge in [0.25, 0.3) is 0 Å². The van der Waals surface area contributed by atoms with Gasteiger partial charge in [-0.15, -0.1) is 0 Å². The van der Waals surface area contributed by atoms with E-state index in [0.29, 0.717) is 77.9 Å². The fourth-order valence-electron chi connectivity index (χ4n) is 7.25. The molecule has 4 rings (SSSR count). The Labute approximate surface area is 414 Å². The predicted molar refractivity (Wildman–Crippen MR) is 290 cm³/mol. The van der Waals surface area contributed by atoms with Gasteiger partial charge in [-0.05, 0) is 180 Å². The van der Waals surface area contributed by atoms with Crippen molar-refractivity contribution < 1.29 is 49.4 Å². The van der Waals surface area contributed by atoms with Gasteiger partial charge in [0.1, 0.15) is 28.7 Å². The third-order valence-electron chi connectivity index (χ3n) is 8.97. The van der Waals surface area contributed by atoms with Crippen molar-refractivity contribution in [2.24, 2.45) is 0 Å². The number of aromatic nitrogens is 3. The van der Waals surface area contributed by atoms with Crippen LogP contribution in [0, 0.1) is 0 Å². The van der Waals surface area contributed by atoms with E-state index in [1.165, 1.54) is 0 Å². The summed E-state index contributed by atoms with van der Waals surface area (Å²) in [5.74, 6) is 2.25. The first-order chi connectivity index (χ1) is 31.1. The van der Waals surface area contributed by atoms with Crippen molar-refractivity contribution >= 4 is 59.2 Å². The molecule has 21 heteroatoms. The largest absolute Gasteiger partial charge is 0.507 e. The van der Waals surface area contributed by atoms with Gasteiger partial charge in [-0.1, -0.05) is 0 Å². The number of methoxy groups -OCH3 is 1. The number of benzene rings is 3. The fraction of sp³-hybridized carbons (Fsp3) is 0.553. The zero-order valence-electron chi connectivity index (χ0n) is 44.4. The number of nitrogens with zero attached hydrogens (tertiary/aromatic N) is 3. The number of phenolic OH excluding ortho intramolecular Hbond substituents is 2. The highest BCUT2D eigenvalue weighted by molar-refractivity contribution is 6.90. The number of aromatic hydroxyl groups is 2. The van der Waals surface area contributed by atoms with Crippen LogP contribution in [0.1, 0.15) is 33.6 Å². The summed E-state index contributed by atoms with van der Waals surface area (Å²) in [5.41, 5.74) is 0.970. The van der Waals surface area contributed by atoms with Gasteiger partial charge in [0.05, 0.1) is 37.1 Å². The zero-order chi connectivity index (χ0) is 51.1. The van der Waals surface area contributed by atoms with E-state index in [2.05, 4.69) is 98.2 Å². The highest BCUT2D eigenvalue weighted by Gasteiger charge is 2.51. The zero-order valence-corrected chi connectivity index (χ0v) is 51.4. The summed E-state index contributed by atoms with van der Waals surface area (Å²) in [5, 5.41) is 23.0. The molecular weight excluding hydrogens is 979 g/mol. The van der Waals surface area contributed by atoms with Crippen molar-refractivity contribution in [2.75, 3.05) is 20.3 Å². The molecule has 2 N–H and O–H groups in total. The average Bonchev–Trinajstić information content (AvgIpc) is 3.14. The minimum absolute atomic E-state index is 0.0753. The van der Waals surface area contributed by atoms with E-state index in [1.807, 2.05) is 45.0 Å². The molecule has 4 aromatic rings. The van der Waals surface area contributed by atoms with Gasteiger partial charge in [-0.3, -0.25) is 0 Å². The fourth-order valence-corrected chi connectivity index (χ4v) is 32.6. The Hall–Kier alpha value is -3.05. The van der Waals surface area contributed by atoms with Crippen LogP contribution in [0.5, 0.6) is 28.7 Å². The van der Waals surface area contributed by atoms with Gasteiger partial charge < -0.3 is 49.4 Å². The standard InChI is InChI=1S/C47H81N3O11Si7/c1-47(2,3)56-67(57-62(5,6)7,58-63(8,9)10)32-20-30-54-38-26-28-40(42(51)34-38)45-48-44(36-22-24-37(53-4)25-23-36)49-46(50-45)41-29-27-39(35-43(41)52)55-31-21-33-68(59-64(11,12)13,60-65(14,15)16)61-66(17,18)19/h22-29,34-35,51-52H,20-21,30-33H2,1-19H3. The topological polar surface area (TPSA) is 162 Å². The molecule has 0 saturated carbocycles. The van der Waals surface area contributed by atoms with Gasteiger partial charge in [-0.25, -0.2) is 15.0 Å². The molecule has 3 aromatic carbocycles. The van der Waals surface area contributed by atoms with E-state index < -0.39 is 64.8 Å². The van der Waals surface area contributed by atoms with Crippen molar-refractivity contribution in [3.05, 3.63) is 60.7 Å². The highest BCUT2D eigenvalue weighted by atomic mass is 28.5. The third-order valence-corrected chi connectivity index (χ3v) is 30.3. The summed E-state index contributed by atoms with van der Waals surface area (Å²) in [4.78, 5) is 14.4. The van der Waals surface area contributed by atoms with Gasteiger partial charge >= 0.3 is 17.6 Å². The molecule has 0 aliphatic rings. The Bertz CT molecular complexity index is 2050. The molecule has 0 fully saturated rings. The monoisotopic (exact) mass is 1060 g/mol. The molecule has 0 amide bonds. The number of phenols is 2. The molecule has 14 nitrogen and oxygen atoms in total. The SMILES string of the molecule is COc1ccc(-c2nc(-c3ccc(OCCC[Si](OC(C)(C)C)(O[Si](C)(C)C)O[Si](C)(C)C)cc3O)nc(-c3ccc(OCCC[Si](O[Si](C)(C)C)(O[Si](C)(C)C)O[Si](C)(C)C)cc3O)n2)cc1. The van der Waals surface area contributed by atoms with Crippen LogP contribution in [0.4, 0.5) is 0 Å². The van der Waals surface area contributed by atoms with Crippen LogP contribution in [0.15, 0.2) is 60.7 Å². The first-order valence-corrected chi connectivity index (χ1v) is 44.5. The number of ether oxygens (including phenoxy) is 3. The number of hydrogen-bond donors (Lipinski definition) is 2. The van der Waals surface area contributed by atoms with Crippen molar-refractivity contribution in [2.45, 2.75) is 150 Å². The quantitative estimate of drug-likeness (QED) is 0.0476. The molecule has 0 radical (unpaired) electrons. The van der Waals surface area contributed by atoms with Crippen molar-refractivity contribution in [1.82, 2.24) is 15.0 Å². The maximum atomic E-state index is 11.5. The molecule has 0 atom stereocenters. The molecule has 68 heavy (non-hydrogen) atoms.